The minimum absolute atomic E-state index is 0.0480. The number of allylic oxidation sites excluding steroid dienone is 2. The van der Waals surface area contributed by atoms with Crippen LogP contribution in [-0.4, -0.2) is 24.8 Å². The summed E-state index contributed by atoms with van der Waals surface area (Å²) in [6.07, 6.45) is 5.80. The predicted octanol–water partition coefficient (Wildman–Crippen LogP) is 4.38. The highest BCUT2D eigenvalue weighted by molar-refractivity contribution is 5.95. The average Bonchev–Trinajstić information content (AvgIpc) is 3.02. The molecule has 0 amide bonds. The van der Waals surface area contributed by atoms with Crippen LogP contribution in [0.1, 0.15) is 49.9 Å². The first-order valence-electron chi connectivity index (χ1n) is 8.66. The molecule has 1 heterocycles. The van der Waals surface area contributed by atoms with Crippen molar-refractivity contribution in [3.05, 3.63) is 47.5 Å². The molecule has 0 saturated carbocycles. The van der Waals surface area contributed by atoms with Gasteiger partial charge in [0.05, 0.1) is 12.7 Å². The van der Waals surface area contributed by atoms with E-state index in [9.17, 15) is 4.79 Å². The Kier molecular flexibility index (Phi) is 5.29. The first-order chi connectivity index (χ1) is 11.1. The van der Waals surface area contributed by atoms with Crippen molar-refractivity contribution in [3.63, 3.8) is 0 Å². The van der Waals surface area contributed by atoms with E-state index >= 15 is 0 Å². The van der Waals surface area contributed by atoms with Gasteiger partial charge in [0.25, 0.3) is 0 Å². The molecule has 0 radical (unpaired) electrons. The Hall–Kier alpha value is -1.45. The third-order valence-corrected chi connectivity index (χ3v) is 5.01. The van der Waals surface area contributed by atoms with E-state index in [4.69, 9.17) is 9.47 Å². The molecule has 4 unspecified atom stereocenters. The molecule has 0 spiro atoms. The zero-order valence-corrected chi connectivity index (χ0v) is 14.0. The smallest absolute Gasteiger partial charge is 0.162 e. The monoisotopic (exact) mass is 314 g/mol. The maximum absolute atomic E-state index is 12.2. The minimum Gasteiger partial charge on any atom is -0.350 e. The summed E-state index contributed by atoms with van der Waals surface area (Å²) in [6, 6.07) is 9.47. The number of hydrogen-bond donors (Lipinski definition) is 0. The fraction of sp³-hybridized carbons (Fsp3) is 0.550. The highest BCUT2D eigenvalue weighted by Crippen LogP contribution is 2.35. The molecule has 23 heavy (non-hydrogen) atoms. The number of rotatable bonds is 5. The van der Waals surface area contributed by atoms with Crippen LogP contribution in [-0.2, 0) is 9.47 Å². The number of hydrogen-bond acceptors (Lipinski definition) is 3. The Balaban J connectivity index is 1.48. The molecule has 1 aromatic rings. The van der Waals surface area contributed by atoms with Gasteiger partial charge < -0.3 is 9.47 Å². The second-order valence-electron chi connectivity index (χ2n) is 6.86. The third kappa shape index (κ3) is 4.10. The molecule has 1 aromatic carbocycles. The fourth-order valence-corrected chi connectivity index (χ4v) is 3.60. The summed E-state index contributed by atoms with van der Waals surface area (Å²) in [5, 5.41) is 0. The van der Waals surface area contributed by atoms with Gasteiger partial charge in [-0.05, 0) is 32.1 Å². The first kappa shape index (κ1) is 16.4. The molecule has 3 nitrogen and oxygen atoms in total. The number of carbonyl (C=O) groups is 1. The van der Waals surface area contributed by atoms with Gasteiger partial charge in [-0.3, -0.25) is 4.79 Å². The maximum atomic E-state index is 12.2. The lowest BCUT2D eigenvalue weighted by molar-refractivity contribution is -0.109. The Labute approximate surface area is 138 Å². The van der Waals surface area contributed by atoms with E-state index in [1.165, 1.54) is 5.57 Å². The second-order valence-corrected chi connectivity index (χ2v) is 6.86. The van der Waals surface area contributed by atoms with Crippen molar-refractivity contribution in [2.24, 2.45) is 11.8 Å². The Morgan fingerprint density at radius 2 is 2.04 bits per heavy atom. The topological polar surface area (TPSA) is 35.5 Å². The van der Waals surface area contributed by atoms with E-state index in [-0.39, 0.29) is 18.2 Å². The van der Waals surface area contributed by atoms with Crippen molar-refractivity contribution < 1.29 is 14.3 Å². The van der Waals surface area contributed by atoms with E-state index < -0.39 is 0 Å². The fourth-order valence-electron chi connectivity index (χ4n) is 3.60. The van der Waals surface area contributed by atoms with Gasteiger partial charge in [-0.25, -0.2) is 0 Å². The molecule has 1 aliphatic carbocycles. The predicted molar refractivity (Wildman–Crippen MR) is 90.3 cm³/mol. The second kappa shape index (κ2) is 7.41. The van der Waals surface area contributed by atoms with Crippen molar-refractivity contribution in [1.29, 1.82) is 0 Å². The van der Waals surface area contributed by atoms with Crippen molar-refractivity contribution in [3.8, 4) is 0 Å². The molecule has 1 saturated heterocycles. The van der Waals surface area contributed by atoms with Gasteiger partial charge in [-0.1, -0.05) is 48.9 Å². The van der Waals surface area contributed by atoms with Gasteiger partial charge >= 0.3 is 0 Å². The van der Waals surface area contributed by atoms with E-state index in [1.54, 1.807) is 0 Å². The Morgan fingerprint density at radius 1 is 1.26 bits per heavy atom. The largest absolute Gasteiger partial charge is 0.350 e. The molecule has 124 valence electrons. The summed E-state index contributed by atoms with van der Waals surface area (Å²) in [5.74, 6) is 1.12. The zero-order valence-electron chi connectivity index (χ0n) is 14.0. The minimum atomic E-state index is -0.105. The number of carbonyl (C=O) groups excluding carboxylic acids is 1. The quantitative estimate of drug-likeness (QED) is 0.597. The number of Topliss-reactive ketones (excluding diaryl/α,β-unsaturated/α-hetero) is 1. The molecule has 1 fully saturated rings. The van der Waals surface area contributed by atoms with Crippen LogP contribution in [0.15, 0.2) is 42.0 Å². The summed E-state index contributed by atoms with van der Waals surface area (Å²) >= 11 is 0. The third-order valence-electron chi connectivity index (χ3n) is 5.01. The summed E-state index contributed by atoms with van der Waals surface area (Å²) in [4.78, 5) is 12.2. The van der Waals surface area contributed by atoms with Crippen LogP contribution >= 0.6 is 0 Å². The van der Waals surface area contributed by atoms with Crippen molar-refractivity contribution in [1.82, 2.24) is 0 Å². The lowest BCUT2D eigenvalue weighted by Gasteiger charge is -2.30. The molecule has 1 aliphatic heterocycles. The molecule has 2 aliphatic rings. The van der Waals surface area contributed by atoms with E-state index in [2.05, 4.69) is 19.9 Å². The zero-order chi connectivity index (χ0) is 16.2. The van der Waals surface area contributed by atoms with E-state index in [1.807, 2.05) is 30.3 Å². The van der Waals surface area contributed by atoms with Crippen LogP contribution < -0.4 is 0 Å². The molecule has 3 heteroatoms. The molecule has 0 N–H and O–H groups in total. The number of ketones is 1. The van der Waals surface area contributed by atoms with E-state index in [0.717, 1.165) is 24.8 Å². The van der Waals surface area contributed by atoms with Gasteiger partial charge in [0, 0.05) is 17.9 Å². The SMILES string of the molecule is CC1=CC(C)C(C2OCC(CCC(=O)c3ccccc3)O2)CC1. The normalized spacial score (nSPS) is 31.0. The van der Waals surface area contributed by atoms with Crippen LogP contribution in [0.3, 0.4) is 0 Å². The number of benzene rings is 1. The van der Waals surface area contributed by atoms with Crippen LogP contribution in [0, 0.1) is 11.8 Å². The molecular weight excluding hydrogens is 288 g/mol. The van der Waals surface area contributed by atoms with Gasteiger partial charge in [0.15, 0.2) is 12.1 Å². The highest BCUT2D eigenvalue weighted by Gasteiger charge is 2.36. The van der Waals surface area contributed by atoms with Gasteiger partial charge in [0.1, 0.15) is 0 Å². The van der Waals surface area contributed by atoms with Crippen molar-refractivity contribution in [2.45, 2.75) is 51.9 Å². The van der Waals surface area contributed by atoms with Crippen LogP contribution in [0.5, 0.6) is 0 Å². The molecule has 4 atom stereocenters. The lowest BCUT2D eigenvalue weighted by atomic mass is 9.82. The van der Waals surface area contributed by atoms with E-state index in [0.29, 0.717) is 24.9 Å². The van der Waals surface area contributed by atoms with Gasteiger partial charge in [0.2, 0.25) is 0 Å². The summed E-state index contributed by atoms with van der Waals surface area (Å²) in [7, 11) is 0. The van der Waals surface area contributed by atoms with Crippen LogP contribution in [0.25, 0.3) is 0 Å². The standard InChI is InChI=1S/C20H26O3/c1-14-8-10-18(15(2)12-14)20-22-13-17(23-20)9-11-19(21)16-6-4-3-5-7-16/h3-7,12,15,17-18,20H,8-11,13H2,1-2H3. The van der Waals surface area contributed by atoms with Crippen molar-refractivity contribution in [2.75, 3.05) is 6.61 Å². The average molecular weight is 314 g/mol. The number of ether oxygens (including phenoxy) is 2. The molecule has 3 rings (SSSR count). The molecule has 0 aromatic heterocycles. The highest BCUT2D eigenvalue weighted by atomic mass is 16.7. The summed E-state index contributed by atoms with van der Waals surface area (Å²) in [5.41, 5.74) is 2.25. The molecule has 0 bridgehead atoms. The first-order valence-corrected chi connectivity index (χ1v) is 8.66. The van der Waals surface area contributed by atoms with Crippen molar-refractivity contribution >= 4 is 5.78 Å². The molecular formula is C20H26O3. The Bertz CT molecular complexity index is 564. The van der Waals surface area contributed by atoms with Gasteiger partial charge in [-0.2, -0.15) is 0 Å². The summed E-state index contributed by atoms with van der Waals surface area (Å²) < 4.78 is 12.0. The van der Waals surface area contributed by atoms with Gasteiger partial charge in [-0.15, -0.1) is 0 Å². The Morgan fingerprint density at radius 3 is 2.78 bits per heavy atom. The lowest BCUT2D eigenvalue weighted by Crippen LogP contribution is -2.29. The van der Waals surface area contributed by atoms with Crippen LogP contribution in [0.2, 0.25) is 0 Å². The van der Waals surface area contributed by atoms with Crippen LogP contribution in [0.4, 0.5) is 0 Å². The maximum Gasteiger partial charge on any atom is 0.162 e. The summed E-state index contributed by atoms with van der Waals surface area (Å²) in [6.45, 7) is 5.05.